The maximum Gasteiger partial charge on any atom is 0.0681 e. The van der Waals surface area contributed by atoms with Gasteiger partial charge in [-0.05, 0) is 29.2 Å². The van der Waals surface area contributed by atoms with Crippen molar-refractivity contribution in [2.45, 2.75) is 26.1 Å². The van der Waals surface area contributed by atoms with E-state index in [1.165, 1.54) is 27.7 Å². The number of hydrogen-bond donors (Lipinski definition) is 2. The number of rotatable bonds is 3. The largest absolute Gasteiger partial charge is 0.392 e. The Balaban J connectivity index is 1.53. The van der Waals surface area contributed by atoms with Gasteiger partial charge >= 0.3 is 0 Å². The smallest absolute Gasteiger partial charge is 0.0681 e. The van der Waals surface area contributed by atoms with Gasteiger partial charge in [0.05, 0.1) is 6.61 Å². The summed E-state index contributed by atoms with van der Waals surface area (Å²) in [6, 6.07) is 16.8. The molecule has 22 heavy (non-hydrogen) atoms. The van der Waals surface area contributed by atoms with E-state index in [9.17, 15) is 0 Å². The first-order valence-corrected chi connectivity index (χ1v) is 7.83. The average molecular weight is 292 g/mol. The number of benzene rings is 2. The van der Waals surface area contributed by atoms with Gasteiger partial charge in [0, 0.05) is 36.2 Å². The number of aliphatic hydroxyl groups excluding tert-OH is 1. The summed E-state index contributed by atoms with van der Waals surface area (Å²) < 4.78 is 0. The Kier molecular flexibility index (Phi) is 3.45. The summed E-state index contributed by atoms with van der Waals surface area (Å²) in [4.78, 5) is 6.05. The van der Waals surface area contributed by atoms with Crippen molar-refractivity contribution < 1.29 is 5.11 Å². The summed E-state index contributed by atoms with van der Waals surface area (Å²) in [5, 5.41) is 10.5. The first-order chi connectivity index (χ1) is 10.8. The molecule has 0 atom stereocenters. The lowest BCUT2D eigenvalue weighted by molar-refractivity contribution is 0.243. The van der Waals surface area contributed by atoms with E-state index >= 15 is 0 Å². The van der Waals surface area contributed by atoms with Crippen LogP contribution in [-0.2, 0) is 26.1 Å². The van der Waals surface area contributed by atoms with Crippen molar-refractivity contribution in [1.29, 1.82) is 0 Å². The highest BCUT2D eigenvalue weighted by atomic mass is 16.3. The molecule has 1 aliphatic heterocycles. The van der Waals surface area contributed by atoms with Gasteiger partial charge in [0.2, 0.25) is 0 Å². The van der Waals surface area contributed by atoms with E-state index in [0.717, 1.165) is 31.6 Å². The number of nitrogens with zero attached hydrogens (tertiary/aromatic N) is 1. The van der Waals surface area contributed by atoms with Crippen LogP contribution in [0.3, 0.4) is 0 Å². The SMILES string of the molecule is OCc1ccc(CN2CCc3c([nH]c4ccccc34)C2)cc1. The van der Waals surface area contributed by atoms with Crippen molar-refractivity contribution in [3.05, 3.63) is 70.9 Å². The molecule has 1 aromatic heterocycles. The number of aliphatic hydroxyl groups is 1. The number of para-hydroxylation sites is 1. The van der Waals surface area contributed by atoms with Gasteiger partial charge in [-0.15, -0.1) is 0 Å². The molecule has 0 aliphatic carbocycles. The lowest BCUT2D eigenvalue weighted by Crippen LogP contribution is -2.29. The second-order valence-corrected chi connectivity index (χ2v) is 6.06. The van der Waals surface area contributed by atoms with E-state index in [-0.39, 0.29) is 6.61 Å². The second-order valence-electron chi connectivity index (χ2n) is 6.06. The molecule has 3 aromatic rings. The van der Waals surface area contributed by atoms with E-state index in [1.54, 1.807) is 0 Å². The number of nitrogens with one attached hydrogen (secondary N) is 1. The lowest BCUT2D eigenvalue weighted by atomic mass is 10.0. The molecule has 112 valence electrons. The molecule has 0 radical (unpaired) electrons. The maximum absolute atomic E-state index is 9.11. The third kappa shape index (κ3) is 2.43. The number of aromatic amines is 1. The Morgan fingerprint density at radius 3 is 2.59 bits per heavy atom. The van der Waals surface area contributed by atoms with E-state index in [1.807, 2.05) is 12.1 Å². The third-order valence-electron chi connectivity index (χ3n) is 4.57. The van der Waals surface area contributed by atoms with Crippen molar-refractivity contribution in [1.82, 2.24) is 9.88 Å². The Labute approximate surface area is 130 Å². The second kappa shape index (κ2) is 5.59. The molecule has 0 spiro atoms. The van der Waals surface area contributed by atoms with Crippen LogP contribution in [0.15, 0.2) is 48.5 Å². The van der Waals surface area contributed by atoms with Gasteiger partial charge in [-0.25, -0.2) is 0 Å². The summed E-state index contributed by atoms with van der Waals surface area (Å²) in [6.07, 6.45) is 1.11. The molecule has 3 heteroatoms. The summed E-state index contributed by atoms with van der Waals surface area (Å²) >= 11 is 0. The van der Waals surface area contributed by atoms with Gasteiger partial charge in [-0.1, -0.05) is 42.5 Å². The zero-order chi connectivity index (χ0) is 14.9. The summed E-state index contributed by atoms with van der Waals surface area (Å²) in [7, 11) is 0. The predicted octanol–water partition coefficient (Wildman–Crippen LogP) is 3.22. The van der Waals surface area contributed by atoms with Crippen molar-refractivity contribution in [2.24, 2.45) is 0 Å². The van der Waals surface area contributed by atoms with Crippen molar-refractivity contribution in [3.63, 3.8) is 0 Å². The standard InChI is InChI=1S/C19H20N2O/c22-13-15-7-5-14(6-8-15)11-21-10-9-17-16-3-1-2-4-18(16)20-19(17)12-21/h1-8,20,22H,9-13H2. The minimum absolute atomic E-state index is 0.114. The lowest BCUT2D eigenvalue weighted by Gasteiger charge is -2.27. The molecule has 0 bridgehead atoms. The number of aromatic nitrogens is 1. The van der Waals surface area contributed by atoms with Gasteiger partial charge in [-0.2, -0.15) is 0 Å². The van der Waals surface area contributed by atoms with Crippen LogP contribution >= 0.6 is 0 Å². The van der Waals surface area contributed by atoms with Crippen LogP contribution in [0.2, 0.25) is 0 Å². The summed E-state index contributed by atoms with van der Waals surface area (Å²) in [6.45, 7) is 3.14. The molecule has 0 saturated carbocycles. The topological polar surface area (TPSA) is 39.3 Å². The molecule has 2 N–H and O–H groups in total. The summed E-state index contributed by atoms with van der Waals surface area (Å²) in [5.41, 5.74) is 6.38. The van der Waals surface area contributed by atoms with Crippen molar-refractivity contribution in [2.75, 3.05) is 6.54 Å². The van der Waals surface area contributed by atoms with Crippen LogP contribution in [0, 0.1) is 0 Å². The van der Waals surface area contributed by atoms with Crippen LogP contribution in [0.1, 0.15) is 22.4 Å². The number of H-pyrrole nitrogens is 1. The highest BCUT2D eigenvalue weighted by molar-refractivity contribution is 5.84. The minimum Gasteiger partial charge on any atom is -0.392 e. The van der Waals surface area contributed by atoms with Gasteiger partial charge in [0.15, 0.2) is 0 Å². The van der Waals surface area contributed by atoms with Crippen LogP contribution in [-0.4, -0.2) is 21.5 Å². The highest BCUT2D eigenvalue weighted by Gasteiger charge is 2.20. The Morgan fingerprint density at radius 2 is 1.77 bits per heavy atom. The predicted molar refractivity (Wildman–Crippen MR) is 88.5 cm³/mol. The normalized spacial score (nSPS) is 15.1. The fraction of sp³-hybridized carbons (Fsp3) is 0.263. The van der Waals surface area contributed by atoms with Gasteiger partial charge in [-0.3, -0.25) is 4.90 Å². The van der Waals surface area contributed by atoms with Crippen LogP contribution in [0.25, 0.3) is 10.9 Å². The molecule has 1 aliphatic rings. The molecule has 2 heterocycles. The molecular weight excluding hydrogens is 272 g/mol. The fourth-order valence-corrected chi connectivity index (χ4v) is 3.39. The van der Waals surface area contributed by atoms with E-state index < -0.39 is 0 Å². The van der Waals surface area contributed by atoms with Crippen LogP contribution in [0.5, 0.6) is 0 Å². The van der Waals surface area contributed by atoms with E-state index in [4.69, 9.17) is 5.11 Å². The van der Waals surface area contributed by atoms with Gasteiger partial charge < -0.3 is 10.1 Å². The summed E-state index contributed by atoms with van der Waals surface area (Å²) in [5.74, 6) is 0. The zero-order valence-electron chi connectivity index (χ0n) is 12.5. The number of fused-ring (bicyclic) bond motifs is 3. The molecule has 2 aromatic carbocycles. The molecule has 3 nitrogen and oxygen atoms in total. The highest BCUT2D eigenvalue weighted by Crippen LogP contribution is 2.28. The first kappa shape index (κ1) is 13.6. The molecule has 0 fully saturated rings. The Bertz CT molecular complexity index is 789. The third-order valence-corrected chi connectivity index (χ3v) is 4.57. The fourth-order valence-electron chi connectivity index (χ4n) is 3.39. The minimum atomic E-state index is 0.114. The number of hydrogen-bond acceptors (Lipinski definition) is 2. The van der Waals surface area contributed by atoms with Gasteiger partial charge in [0.1, 0.15) is 0 Å². The Hall–Kier alpha value is -2.10. The van der Waals surface area contributed by atoms with Crippen molar-refractivity contribution >= 4 is 10.9 Å². The maximum atomic E-state index is 9.11. The van der Waals surface area contributed by atoms with E-state index in [0.29, 0.717) is 0 Å². The first-order valence-electron chi connectivity index (χ1n) is 7.83. The van der Waals surface area contributed by atoms with Gasteiger partial charge in [0.25, 0.3) is 0 Å². The molecule has 0 amide bonds. The average Bonchev–Trinajstić information content (AvgIpc) is 2.93. The molecule has 0 unspecified atom stereocenters. The van der Waals surface area contributed by atoms with Crippen LogP contribution in [0.4, 0.5) is 0 Å². The quantitative estimate of drug-likeness (QED) is 0.778. The molecular formula is C19H20N2O. The van der Waals surface area contributed by atoms with Crippen molar-refractivity contribution in [3.8, 4) is 0 Å². The zero-order valence-corrected chi connectivity index (χ0v) is 12.5. The molecule has 4 rings (SSSR count). The van der Waals surface area contributed by atoms with E-state index in [2.05, 4.69) is 46.3 Å². The van der Waals surface area contributed by atoms with Crippen LogP contribution < -0.4 is 0 Å². The monoisotopic (exact) mass is 292 g/mol. The Morgan fingerprint density at radius 1 is 1.00 bits per heavy atom. The molecule has 0 saturated heterocycles.